The van der Waals surface area contributed by atoms with Gasteiger partial charge in [-0.1, -0.05) is 25.4 Å². The van der Waals surface area contributed by atoms with E-state index in [9.17, 15) is 4.79 Å². The van der Waals surface area contributed by atoms with Crippen molar-refractivity contribution >= 4 is 35.1 Å². The summed E-state index contributed by atoms with van der Waals surface area (Å²) in [6.07, 6.45) is 0.912. The molecule has 0 spiro atoms. The third kappa shape index (κ3) is 2.30. The molecule has 1 atom stereocenters. The number of hydrogen-bond donors (Lipinski definition) is 0. The van der Waals surface area contributed by atoms with Crippen LogP contribution >= 0.6 is 23.2 Å². The predicted octanol–water partition coefficient (Wildman–Crippen LogP) is 2.76. The monoisotopic (exact) mass is 275 g/mol. The zero-order valence-corrected chi connectivity index (χ0v) is 10.9. The molecule has 2 heterocycles. The van der Waals surface area contributed by atoms with E-state index in [0.29, 0.717) is 12.4 Å². The summed E-state index contributed by atoms with van der Waals surface area (Å²) >= 11 is 11.7. The Hall–Kier alpha value is -1.07. The van der Waals surface area contributed by atoms with E-state index in [4.69, 9.17) is 27.9 Å². The summed E-state index contributed by atoms with van der Waals surface area (Å²) in [6, 6.07) is -0.0917. The van der Waals surface area contributed by atoms with Crippen molar-refractivity contribution in [3.8, 4) is 0 Å². The lowest BCUT2D eigenvalue weighted by molar-refractivity contribution is 0.177. The SMILES string of the molecule is CC(C)C1COC(=O)N1c1nc(Cl)ncc1Cl. The molecular weight excluding hydrogens is 265 g/mol. The van der Waals surface area contributed by atoms with Crippen molar-refractivity contribution in [1.82, 2.24) is 9.97 Å². The first-order valence-electron chi connectivity index (χ1n) is 5.14. The molecule has 1 saturated heterocycles. The van der Waals surface area contributed by atoms with Gasteiger partial charge in [-0.05, 0) is 17.5 Å². The van der Waals surface area contributed by atoms with Crippen LogP contribution in [0, 0.1) is 5.92 Å². The van der Waals surface area contributed by atoms with E-state index in [1.54, 1.807) is 0 Å². The maximum absolute atomic E-state index is 11.7. The van der Waals surface area contributed by atoms with E-state index in [1.807, 2.05) is 13.8 Å². The number of rotatable bonds is 2. The van der Waals surface area contributed by atoms with Crippen molar-refractivity contribution < 1.29 is 9.53 Å². The fourth-order valence-electron chi connectivity index (χ4n) is 1.68. The second-order valence-electron chi connectivity index (χ2n) is 4.07. The minimum atomic E-state index is -0.458. The van der Waals surface area contributed by atoms with Gasteiger partial charge in [-0.15, -0.1) is 0 Å². The fourth-order valence-corrected chi connectivity index (χ4v) is 1.99. The molecule has 1 aromatic heterocycles. The highest BCUT2D eigenvalue weighted by atomic mass is 35.5. The number of ether oxygens (including phenoxy) is 1. The Labute approximate surface area is 109 Å². The van der Waals surface area contributed by atoms with Crippen LogP contribution in [0.3, 0.4) is 0 Å². The van der Waals surface area contributed by atoms with E-state index >= 15 is 0 Å². The van der Waals surface area contributed by atoms with E-state index < -0.39 is 6.09 Å². The van der Waals surface area contributed by atoms with Crippen molar-refractivity contribution in [2.45, 2.75) is 19.9 Å². The summed E-state index contributed by atoms with van der Waals surface area (Å²) in [5, 5.41) is 0.325. The number of hydrogen-bond acceptors (Lipinski definition) is 4. The number of aromatic nitrogens is 2. The first-order valence-corrected chi connectivity index (χ1v) is 5.90. The van der Waals surface area contributed by atoms with E-state index in [1.165, 1.54) is 11.1 Å². The zero-order valence-electron chi connectivity index (χ0n) is 9.35. The molecule has 1 aliphatic heterocycles. The van der Waals surface area contributed by atoms with Gasteiger partial charge in [0.25, 0.3) is 0 Å². The van der Waals surface area contributed by atoms with Gasteiger partial charge in [-0.25, -0.2) is 9.78 Å². The normalized spacial score (nSPS) is 19.9. The van der Waals surface area contributed by atoms with E-state index in [0.717, 1.165) is 0 Å². The van der Waals surface area contributed by atoms with Gasteiger partial charge in [-0.2, -0.15) is 4.98 Å². The molecule has 1 amide bonds. The van der Waals surface area contributed by atoms with Crippen molar-refractivity contribution in [2.75, 3.05) is 11.5 Å². The highest BCUT2D eigenvalue weighted by Gasteiger charge is 2.38. The molecule has 1 unspecified atom stereocenters. The van der Waals surface area contributed by atoms with Gasteiger partial charge in [0.15, 0.2) is 5.82 Å². The van der Waals surface area contributed by atoms with Gasteiger partial charge < -0.3 is 4.74 Å². The van der Waals surface area contributed by atoms with Crippen LogP contribution in [0.5, 0.6) is 0 Å². The molecule has 0 radical (unpaired) electrons. The van der Waals surface area contributed by atoms with Crippen molar-refractivity contribution in [1.29, 1.82) is 0 Å². The van der Waals surface area contributed by atoms with Crippen LogP contribution in [0.1, 0.15) is 13.8 Å². The molecule has 0 aliphatic carbocycles. The number of carbonyl (C=O) groups is 1. The number of cyclic esters (lactones) is 1. The molecule has 0 N–H and O–H groups in total. The first-order chi connectivity index (χ1) is 8.00. The Morgan fingerprint density at radius 2 is 2.24 bits per heavy atom. The summed E-state index contributed by atoms with van der Waals surface area (Å²) < 4.78 is 5.01. The molecule has 0 aromatic carbocycles. The lowest BCUT2D eigenvalue weighted by Crippen LogP contribution is -2.38. The van der Waals surface area contributed by atoms with Gasteiger partial charge in [0, 0.05) is 0 Å². The van der Waals surface area contributed by atoms with Gasteiger partial charge in [-0.3, -0.25) is 4.90 Å². The van der Waals surface area contributed by atoms with Crippen LogP contribution < -0.4 is 4.90 Å². The van der Waals surface area contributed by atoms with Crippen LogP contribution in [-0.2, 0) is 4.74 Å². The topological polar surface area (TPSA) is 55.3 Å². The average molecular weight is 276 g/mol. The van der Waals surface area contributed by atoms with Gasteiger partial charge >= 0.3 is 6.09 Å². The lowest BCUT2D eigenvalue weighted by Gasteiger charge is -2.23. The predicted molar refractivity (Wildman–Crippen MR) is 64.5 cm³/mol. The lowest BCUT2D eigenvalue weighted by atomic mass is 10.0. The molecule has 1 aromatic rings. The Balaban J connectivity index is 2.42. The van der Waals surface area contributed by atoms with E-state index in [-0.39, 0.29) is 22.3 Å². The molecule has 1 fully saturated rings. The quantitative estimate of drug-likeness (QED) is 0.779. The molecule has 5 nitrogen and oxygen atoms in total. The number of anilines is 1. The van der Waals surface area contributed by atoms with Crippen molar-refractivity contribution in [3.05, 3.63) is 16.5 Å². The molecule has 0 bridgehead atoms. The van der Waals surface area contributed by atoms with Crippen LogP contribution in [-0.4, -0.2) is 28.7 Å². The summed E-state index contributed by atoms with van der Waals surface area (Å²) in [6.45, 7) is 4.32. The Kier molecular flexibility index (Phi) is 3.40. The largest absolute Gasteiger partial charge is 0.447 e. The third-order valence-electron chi connectivity index (χ3n) is 2.60. The molecule has 17 heavy (non-hydrogen) atoms. The standard InChI is InChI=1S/C10H11Cl2N3O2/c1-5(2)7-4-17-10(16)15(7)8-6(11)3-13-9(12)14-8/h3,5,7H,4H2,1-2H3. The fraction of sp³-hybridized carbons (Fsp3) is 0.500. The summed E-state index contributed by atoms with van der Waals surface area (Å²) in [5.74, 6) is 0.527. The molecule has 2 rings (SSSR count). The number of amides is 1. The molecule has 7 heteroatoms. The maximum Gasteiger partial charge on any atom is 0.415 e. The number of halogens is 2. The van der Waals surface area contributed by atoms with Crippen LogP contribution in [0.2, 0.25) is 10.3 Å². The molecule has 92 valence electrons. The van der Waals surface area contributed by atoms with Crippen molar-refractivity contribution in [3.63, 3.8) is 0 Å². The smallest absolute Gasteiger partial charge is 0.415 e. The van der Waals surface area contributed by atoms with E-state index in [2.05, 4.69) is 9.97 Å². The van der Waals surface area contributed by atoms with Gasteiger partial charge in [0.1, 0.15) is 11.6 Å². The Bertz CT molecular complexity index is 453. The summed E-state index contributed by atoms with van der Waals surface area (Å²) in [5.41, 5.74) is 0. The summed E-state index contributed by atoms with van der Waals surface area (Å²) in [4.78, 5) is 20.9. The van der Waals surface area contributed by atoms with Gasteiger partial charge in [0.2, 0.25) is 5.28 Å². The Morgan fingerprint density at radius 1 is 1.53 bits per heavy atom. The third-order valence-corrected chi connectivity index (χ3v) is 3.05. The van der Waals surface area contributed by atoms with Crippen LogP contribution in [0.4, 0.5) is 10.6 Å². The molecular formula is C10H11Cl2N3O2. The maximum atomic E-state index is 11.7. The van der Waals surface area contributed by atoms with Crippen molar-refractivity contribution in [2.24, 2.45) is 5.92 Å². The summed E-state index contributed by atoms with van der Waals surface area (Å²) in [7, 11) is 0. The minimum Gasteiger partial charge on any atom is -0.447 e. The van der Waals surface area contributed by atoms with Gasteiger partial charge in [0.05, 0.1) is 12.2 Å². The highest BCUT2D eigenvalue weighted by Crippen LogP contribution is 2.31. The number of carbonyl (C=O) groups excluding carboxylic acids is 1. The number of nitrogens with zero attached hydrogens (tertiary/aromatic N) is 3. The second-order valence-corrected chi connectivity index (χ2v) is 4.81. The zero-order chi connectivity index (χ0) is 12.6. The first kappa shape index (κ1) is 12.4. The second kappa shape index (κ2) is 4.66. The average Bonchev–Trinajstić information content (AvgIpc) is 2.64. The molecule has 0 saturated carbocycles. The molecule has 1 aliphatic rings. The van der Waals surface area contributed by atoms with Crippen LogP contribution in [0.15, 0.2) is 6.20 Å². The Morgan fingerprint density at radius 3 is 2.88 bits per heavy atom. The minimum absolute atomic E-state index is 0.0478. The van der Waals surface area contributed by atoms with Crippen LogP contribution in [0.25, 0.3) is 0 Å². The highest BCUT2D eigenvalue weighted by molar-refractivity contribution is 6.34.